The molecule has 0 radical (unpaired) electrons. The number of aliphatic imine (C=N–C) groups is 1. The Hall–Kier alpha value is -3.03. The standard InChI is InChI=1S/C32H38N4O3/c1-3-17(2)30(33)34-15-19-6-8-23-21(12-19)22-14-32(38)25-13-20-7-9-24(37)28-26(20)31(32,29(39-28)27(22)35-23)10-11-36(25)16-18-4-5-18/h6-9,12,17-18,25,29,35,37-38H,3-5,10-11,13-16H2,1-2H3,(H2,33,34)/t17?,25?,29-,31-,32+/m0/s1. The van der Waals surface area contributed by atoms with Crippen LogP contribution in [0.15, 0.2) is 35.3 Å². The molecule has 7 heteroatoms. The van der Waals surface area contributed by atoms with Gasteiger partial charge in [-0.2, -0.15) is 0 Å². The van der Waals surface area contributed by atoms with Gasteiger partial charge in [0.2, 0.25) is 0 Å². The van der Waals surface area contributed by atoms with Crippen molar-refractivity contribution >= 4 is 16.7 Å². The van der Waals surface area contributed by atoms with E-state index in [0.717, 1.165) is 71.6 Å². The summed E-state index contributed by atoms with van der Waals surface area (Å²) in [5, 5.41) is 25.0. The van der Waals surface area contributed by atoms with Gasteiger partial charge in [0.15, 0.2) is 17.6 Å². The molecule has 5 aliphatic rings. The Morgan fingerprint density at radius 2 is 2.13 bits per heavy atom. The second kappa shape index (κ2) is 8.01. The summed E-state index contributed by atoms with van der Waals surface area (Å²) in [4.78, 5) is 11.0. The first-order chi connectivity index (χ1) is 18.8. The minimum Gasteiger partial charge on any atom is -0.504 e. The predicted molar refractivity (Wildman–Crippen MR) is 151 cm³/mol. The molecule has 2 aromatic carbocycles. The van der Waals surface area contributed by atoms with E-state index in [2.05, 4.69) is 53.0 Å². The number of amidine groups is 1. The number of aromatic amines is 1. The number of hydrogen-bond acceptors (Lipinski definition) is 5. The maximum atomic E-state index is 13.0. The Balaban J connectivity index is 1.28. The highest BCUT2D eigenvalue weighted by atomic mass is 16.5. The van der Waals surface area contributed by atoms with Crippen molar-refractivity contribution in [2.75, 3.05) is 13.1 Å². The molecule has 39 heavy (non-hydrogen) atoms. The van der Waals surface area contributed by atoms with Crippen LogP contribution in [0.5, 0.6) is 11.5 Å². The molecule has 5 N–H and O–H groups in total. The molecule has 3 heterocycles. The molecule has 2 bridgehead atoms. The molecule has 0 amide bonds. The van der Waals surface area contributed by atoms with Crippen molar-refractivity contribution in [2.24, 2.45) is 22.6 Å². The summed E-state index contributed by atoms with van der Waals surface area (Å²) in [5.74, 6) is 2.48. The number of H-pyrrole nitrogens is 1. The number of likely N-dealkylation sites (tertiary alicyclic amines) is 1. The van der Waals surface area contributed by atoms with Crippen LogP contribution in [0.2, 0.25) is 0 Å². The molecule has 8 rings (SSSR count). The van der Waals surface area contributed by atoms with Gasteiger partial charge in [-0.3, -0.25) is 9.89 Å². The van der Waals surface area contributed by atoms with E-state index in [1.165, 1.54) is 18.4 Å². The average Bonchev–Trinajstić information content (AvgIpc) is 3.58. The fraction of sp³-hybridized carbons (Fsp3) is 0.531. The number of phenolic OH excluding ortho intramolecular Hbond substituents is 1. The summed E-state index contributed by atoms with van der Waals surface area (Å²) < 4.78 is 6.71. The summed E-state index contributed by atoms with van der Waals surface area (Å²) in [6.45, 7) is 6.79. The van der Waals surface area contributed by atoms with Crippen LogP contribution in [-0.2, 0) is 24.8 Å². The van der Waals surface area contributed by atoms with Crippen LogP contribution in [0, 0.1) is 11.8 Å². The maximum absolute atomic E-state index is 13.0. The molecule has 3 aromatic rings. The fourth-order valence-electron chi connectivity index (χ4n) is 8.31. The van der Waals surface area contributed by atoms with E-state index in [4.69, 9.17) is 10.5 Å². The number of fused-ring (bicyclic) bond motifs is 4. The summed E-state index contributed by atoms with van der Waals surface area (Å²) in [6.07, 6.45) is 5.40. The number of rotatable bonds is 6. The number of nitrogens with one attached hydrogen (secondary N) is 1. The summed E-state index contributed by atoms with van der Waals surface area (Å²) in [5.41, 5.74) is 11.3. The lowest BCUT2D eigenvalue weighted by molar-refractivity contribution is -0.173. The van der Waals surface area contributed by atoms with Gasteiger partial charge in [-0.15, -0.1) is 0 Å². The third-order valence-corrected chi connectivity index (χ3v) is 10.8. The number of aromatic hydroxyl groups is 1. The molecule has 1 saturated carbocycles. The number of aliphatic hydroxyl groups is 1. The van der Waals surface area contributed by atoms with Gasteiger partial charge in [0.1, 0.15) is 0 Å². The minimum atomic E-state index is -0.978. The molecule has 7 nitrogen and oxygen atoms in total. The smallest absolute Gasteiger partial charge is 0.166 e. The van der Waals surface area contributed by atoms with Crippen molar-refractivity contribution in [1.29, 1.82) is 0 Å². The summed E-state index contributed by atoms with van der Waals surface area (Å²) >= 11 is 0. The second-order valence-corrected chi connectivity index (χ2v) is 12.9. The number of phenols is 1. The first kappa shape index (κ1) is 23.8. The van der Waals surface area contributed by atoms with Crippen LogP contribution in [-0.4, -0.2) is 50.7 Å². The lowest BCUT2D eigenvalue weighted by Crippen LogP contribution is -2.74. The minimum absolute atomic E-state index is 0.0298. The van der Waals surface area contributed by atoms with E-state index in [1.807, 2.05) is 0 Å². The van der Waals surface area contributed by atoms with Gasteiger partial charge in [-0.1, -0.05) is 26.0 Å². The van der Waals surface area contributed by atoms with Crippen molar-refractivity contribution in [1.82, 2.24) is 9.88 Å². The highest BCUT2D eigenvalue weighted by molar-refractivity contribution is 5.87. The van der Waals surface area contributed by atoms with Crippen LogP contribution in [0.1, 0.15) is 73.6 Å². The van der Waals surface area contributed by atoms with Crippen LogP contribution < -0.4 is 10.5 Å². The predicted octanol–water partition coefficient (Wildman–Crippen LogP) is 4.48. The number of benzene rings is 2. The molecule has 1 saturated heterocycles. The lowest BCUT2D eigenvalue weighted by Gasteiger charge is -2.62. The largest absolute Gasteiger partial charge is 0.504 e. The number of nitrogens with zero attached hydrogens (tertiary/aromatic N) is 2. The number of piperidine rings is 1. The van der Waals surface area contributed by atoms with E-state index >= 15 is 0 Å². The molecule has 204 valence electrons. The molecule has 2 unspecified atom stereocenters. The maximum Gasteiger partial charge on any atom is 0.166 e. The Kier molecular flexibility index (Phi) is 4.89. The third-order valence-electron chi connectivity index (χ3n) is 10.8. The molecule has 2 fully saturated rings. The number of hydrogen-bond donors (Lipinski definition) is 4. The van der Waals surface area contributed by atoms with E-state index in [-0.39, 0.29) is 23.8 Å². The highest BCUT2D eigenvalue weighted by Gasteiger charge is 2.72. The van der Waals surface area contributed by atoms with Crippen molar-refractivity contribution in [2.45, 2.75) is 82.1 Å². The second-order valence-electron chi connectivity index (χ2n) is 12.9. The van der Waals surface area contributed by atoms with Crippen molar-refractivity contribution < 1.29 is 14.9 Å². The third kappa shape index (κ3) is 3.09. The summed E-state index contributed by atoms with van der Waals surface area (Å²) in [7, 11) is 0. The van der Waals surface area contributed by atoms with Gasteiger partial charge in [0.05, 0.1) is 29.1 Å². The highest BCUT2D eigenvalue weighted by Crippen LogP contribution is 2.69. The number of nitrogens with two attached hydrogens (primary N) is 1. The zero-order chi connectivity index (χ0) is 26.7. The van der Waals surface area contributed by atoms with Gasteiger partial charge in [-0.25, -0.2) is 0 Å². The number of ether oxygens (including phenoxy) is 1. The van der Waals surface area contributed by atoms with E-state index in [9.17, 15) is 10.2 Å². The van der Waals surface area contributed by atoms with Gasteiger partial charge in [-0.05, 0) is 79.5 Å². The Labute approximate surface area is 229 Å². The topological polar surface area (TPSA) is 107 Å². The van der Waals surface area contributed by atoms with Crippen LogP contribution in [0.3, 0.4) is 0 Å². The van der Waals surface area contributed by atoms with Crippen molar-refractivity contribution in [3.05, 3.63) is 58.3 Å². The Morgan fingerprint density at radius 3 is 2.92 bits per heavy atom. The van der Waals surface area contributed by atoms with Crippen LogP contribution in [0.25, 0.3) is 10.9 Å². The molecule has 3 aliphatic carbocycles. The summed E-state index contributed by atoms with van der Waals surface area (Å²) in [6, 6.07) is 10.3. The average molecular weight is 527 g/mol. The lowest BCUT2D eigenvalue weighted by atomic mass is 9.49. The first-order valence-electron chi connectivity index (χ1n) is 14.8. The van der Waals surface area contributed by atoms with Crippen molar-refractivity contribution in [3.63, 3.8) is 0 Å². The van der Waals surface area contributed by atoms with E-state index in [0.29, 0.717) is 24.6 Å². The SMILES string of the molecule is CCC(C)C(N)=NCc1ccc2[nH]c3c(c2c1)C[C@@]1(O)C2Cc4ccc(O)c5c4[C@@]1(CCN2CC1CC1)[C@H]3O5. The number of aromatic nitrogens is 1. The zero-order valence-electron chi connectivity index (χ0n) is 22.8. The van der Waals surface area contributed by atoms with Crippen molar-refractivity contribution in [3.8, 4) is 11.5 Å². The van der Waals surface area contributed by atoms with Crippen LogP contribution in [0.4, 0.5) is 0 Å². The molecule has 1 aromatic heterocycles. The molecular weight excluding hydrogens is 488 g/mol. The Bertz CT molecular complexity index is 1540. The van der Waals surface area contributed by atoms with Gasteiger partial charge in [0, 0.05) is 41.4 Å². The van der Waals surface area contributed by atoms with Gasteiger partial charge < -0.3 is 25.7 Å². The first-order valence-corrected chi connectivity index (χ1v) is 14.8. The molecule has 5 atom stereocenters. The van der Waals surface area contributed by atoms with E-state index in [1.54, 1.807) is 6.07 Å². The van der Waals surface area contributed by atoms with Gasteiger partial charge in [0.25, 0.3) is 0 Å². The quantitative estimate of drug-likeness (QED) is 0.280. The molecule has 1 spiro atoms. The molecule has 2 aliphatic heterocycles. The van der Waals surface area contributed by atoms with Gasteiger partial charge >= 0.3 is 0 Å². The normalized spacial score (nSPS) is 31.6. The fourth-order valence-corrected chi connectivity index (χ4v) is 8.31. The zero-order valence-corrected chi connectivity index (χ0v) is 22.8. The monoisotopic (exact) mass is 526 g/mol. The van der Waals surface area contributed by atoms with E-state index < -0.39 is 11.0 Å². The van der Waals surface area contributed by atoms with Crippen LogP contribution >= 0.6 is 0 Å². The Morgan fingerprint density at radius 1 is 1.28 bits per heavy atom. The molecular formula is C32H38N4O3.